The van der Waals surface area contributed by atoms with E-state index in [0.29, 0.717) is 23.5 Å². The van der Waals surface area contributed by atoms with Crippen molar-refractivity contribution in [1.82, 2.24) is 14.8 Å². The molecule has 4 aromatic rings. The molecule has 3 heterocycles. The van der Waals surface area contributed by atoms with Crippen LogP contribution >= 0.6 is 22.9 Å². The molecule has 1 aliphatic rings. The highest BCUT2D eigenvalue weighted by molar-refractivity contribution is 7.18. The number of aryl methyl sites for hydroxylation is 2. The lowest BCUT2D eigenvalue weighted by molar-refractivity contribution is 0.0862. The average Bonchev–Trinajstić information content (AvgIpc) is 3.50. The monoisotopic (exact) mass is 533 g/mol. The topological polar surface area (TPSA) is 71.4 Å². The molecule has 2 aromatic carbocycles. The number of likely N-dealkylation sites (tertiary alicyclic amines) is 1. The fourth-order valence-corrected chi connectivity index (χ4v) is 6.38. The largest absolute Gasteiger partial charge is 0.348 e. The van der Waals surface area contributed by atoms with Crippen molar-refractivity contribution >= 4 is 44.8 Å². The zero-order valence-electron chi connectivity index (χ0n) is 20.8. The highest BCUT2D eigenvalue weighted by atomic mass is 35.5. The summed E-state index contributed by atoms with van der Waals surface area (Å²) in [6, 6.07) is 16.5. The van der Waals surface area contributed by atoms with E-state index in [1.807, 2.05) is 61.0 Å². The van der Waals surface area contributed by atoms with Gasteiger partial charge in [0.2, 0.25) is 5.43 Å². The van der Waals surface area contributed by atoms with Gasteiger partial charge in [0.05, 0.1) is 11.4 Å². The maximum absolute atomic E-state index is 13.5. The maximum atomic E-state index is 13.5. The lowest BCUT2D eigenvalue weighted by atomic mass is 10.0. The fraction of sp³-hybridized carbons (Fsp3) is 0.276. The van der Waals surface area contributed by atoms with Gasteiger partial charge in [-0.2, -0.15) is 0 Å². The normalized spacial score (nSPS) is 15.8. The number of pyridine rings is 1. The van der Waals surface area contributed by atoms with Crippen molar-refractivity contribution in [3.63, 3.8) is 0 Å². The van der Waals surface area contributed by atoms with Gasteiger partial charge in [0, 0.05) is 41.8 Å². The fourth-order valence-electron chi connectivity index (χ4n) is 4.99. The van der Waals surface area contributed by atoms with Gasteiger partial charge in [0.25, 0.3) is 5.91 Å². The van der Waals surface area contributed by atoms with Crippen LogP contribution in [-0.4, -0.2) is 33.7 Å². The molecule has 190 valence electrons. The predicted molar refractivity (Wildman–Crippen MR) is 149 cm³/mol. The Hall–Kier alpha value is -3.26. The van der Waals surface area contributed by atoms with E-state index in [-0.39, 0.29) is 22.8 Å². The molecule has 1 aliphatic heterocycles. The molecule has 8 heteroatoms. The number of hydrogen-bond donors (Lipinski definition) is 1. The number of carbonyl (C=O) groups excluding carboxylic acids is 2. The molecule has 1 fully saturated rings. The number of benzene rings is 2. The number of fused-ring (bicyclic) bond motifs is 1. The first-order valence-electron chi connectivity index (χ1n) is 12.3. The van der Waals surface area contributed by atoms with E-state index in [1.165, 1.54) is 0 Å². The third kappa shape index (κ3) is 5.12. The van der Waals surface area contributed by atoms with Gasteiger partial charge in [-0.15, -0.1) is 11.3 Å². The third-order valence-corrected chi connectivity index (χ3v) is 8.64. The summed E-state index contributed by atoms with van der Waals surface area (Å²) in [6.07, 6.45) is 3.40. The lowest BCUT2D eigenvalue weighted by Gasteiger charge is -2.23. The number of Topliss-reactive ketones (excluding diaryl/α,β-unsaturated/α-hetero) is 1. The van der Waals surface area contributed by atoms with Crippen molar-refractivity contribution in [2.24, 2.45) is 7.05 Å². The van der Waals surface area contributed by atoms with Crippen molar-refractivity contribution < 1.29 is 9.59 Å². The molecule has 1 N–H and O–H groups in total. The van der Waals surface area contributed by atoms with Gasteiger partial charge >= 0.3 is 0 Å². The SMILES string of the molecule is Cc1c(CN2CCC[C@@H]2C(=O)c2ccccc2)sc2c1c(=O)c(C(=O)NCc1ccc(Cl)cc1)cn2C. The highest BCUT2D eigenvalue weighted by Crippen LogP contribution is 2.32. The Labute approximate surface area is 224 Å². The van der Waals surface area contributed by atoms with Crippen LogP contribution in [0.4, 0.5) is 0 Å². The maximum Gasteiger partial charge on any atom is 0.257 e. The van der Waals surface area contributed by atoms with Crippen molar-refractivity contribution in [3.05, 3.63) is 103 Å². The Morgan fingerprint density at radius 2 is 1.84 bits per heavy atom. The summed E-state index contributed by atoms with van der Waals surface area (Å²) in [5, 5.41) is 4.05. The van der Waals surface area contributed by atoms with Crippen LogP contribution < -0.4 is 10.7 Å². The van der Waals surface area contributed by atoms with Crippen LogP contribution in [0.5, 0.6) is 0 Å². The van der Waals surface area contributed by atoms with Crippen LogP contribution in [0.25, 0.3) is 10.2 Å². The van der Waals surface area contributed by atoms with E-state index in [1.54, 1.807) is 29.7 Å². The number of halogens is 1. The van der Waals surface area contributed by atoms with E-state index in [0.717, 1.165) is 45.8 Å². The molecule has 0 saturated carbocycles. The summed E-state index contributed by atoms with van der Waals surface area (Å²) >= 11 is 7.49. The van der Waals surface area contributed by atoms with E-state index in [4.69, 9.17) is 11.6 Å². The molecule has 6 nitrogen and oxygen atoms in total. The molecule has 0 radical (unpaired) electrons. The van der Waals surface area contributed by atoms with Crippen LogP contribution in [0.1, 0.15) is 49.6 Å². The van der Waals surface area contributed by atoms with Crippen LogP contribution in [-0.2, 0) is 20.1 Å². The minimum absolute atomic E-state index is 0.120. The molecular weight excluding hydrogens is 506 g/mol. The Bertz CT molecular complexity index is 1530. The van der Waals surface area contributed by atoms with Crippen LogP contribution in [0.2, 0.25) is 5.02 Å². The van der Waals surface area contributed by atoms with E-state index in [2.05, 4.69) is 10.2 Å². The predicted octanol–water partition coefficient (Wildman–Crippen LogP) is 5.34. The number of aromatic nitrogens is 1. The molecule has 1 amide bonds. The minimum atomic E-state index is -0.405. The van der Waals surface area contributed by atoms with Crippen LogP contribution in [0.3, 0.4) is 0 Å². The summed E-state index contributed by atoms with van der Waals surface area (Å²) in [7, 11) is 1.86. The van der Waals surface area contributed by atoms with Gasteiger partial charge in [-0.25, -0.2) is 0 Å². The van der Waals surface area contributed by atoms with Gasteiger partial charge in [-0.1, -0.05) is 54.1 Å². The number of hydrogen-bond acceptors (Lipinski definition) is 5. The Morgan fingerprint density at radius 1 is 1.11 bits per heavy atom. The molecular formula is C29H28ClN3O3S. The molecule has 0 bridgehead atoms. The van der Waals surface area contributed by atoms with Gasteiger partial charge < -0.3 is 9.88 Å². The molecule has 0 aliphatic carbocycles. The van der Waals surface area contributed by atoms with Gasteiger partial charge in [0.15, 0.2) is 5.78 Å². The molecule has 0 unspecified atom stereocenters. The minimum Gasteiger partial charge on any atom is -0.348 e. The second-order valence-corrected chi connectivity index (χ2v) is 11.0. The summed E-state index contributed by atoms with van der Waals surface area (Å²) in [5.41, 5.74) is 2.37. The zero-order chi connectivity index (χ0) is 26.1. The Balaban J connectivity index is 1.39. The third-order valence-electron chi connectivity index (χ3n) is 7.02. The van der Waals surface area contributed by atoms with E-state index >= 15 is 0 Å². The molecule has 1 atom stereocenters. The molecule has 5 rings (SSSR count). The molecule has 2 aromatic heterocycles. The second kappa shape index (κ2) is 10.6. The summed E-state index contributed by atoms with van der Waals surface area (Å²) in [6.45, 7) is 3.68. The number of rotatable bonds is 7. The van der Waals surface area contributed by atoms with Crippen molar-refractivity contribution in [3.8, 4) is 0 Å². The van der Waals surface area contributed by atoms with Crippen LogP contribution in [0.15, 0.2) is 65.6 Å². The Morgan fingerprint density at radius 3 is 2.57 bits per heavy atom. The number of nitrogens with one attached hydrogen (secondary N) is 1. The van der Waals surface area contributed by atoms with Gasteiger partial charge in [-0.05, 0) is 49.6 Å². The molecule has 1 saturated heterocycles. The highest BCUT2D eigenvalue weighted by Gasteiger charge is 2.32. The zero-order valence-corrected chi connectivity index (χ0v) is 22.4. The van der Waals surface area contributed by atoms with Gasteiger partial charge in [0.1, 0.15) is 10.4 Å². The van der Waals surface area contributed by atoms with Gasteiger partial charge in [-0.3, -0.25) is 19.3 Å². The summed E-state index contributed by atoms with van der Waals surface area (Å²) in [4.78, 5) is 43.7. The van der Waals surface area contributed by atoms with Crippen molar-refractivity contribution in [2.45, 2.75) is 38.9 Å². The second-order valence-electron chi connectivity index (χ2n) is 9.48. The van der Waals surface area contributed by atoms with E-state index < -0.39 is 5.91 Å². The van der Waals surface area contributed by atoms with Crippen molar-refractivity contribution in [2.75, 3.05) is 6.54 Å². The van der Waals surface area contributed by atoms with E-state index in [9.17, 15) is 14.4 Å². The smallest absolute Gasteiger partial charge is 0.257 e. The number of amides is 1. The first-order chi connectivity index (χ1) is 17.8. The first kappa shape index (κ1) is 25.4. The standard InChI is InChI=1S/C29H28ClN3O3S/c1-18-24(17-33-14-6-9-23(33)26(34)20-7-4-3-5-8-20)37-29-25(18)27(35)22(16-32(29)2)28(36)31-15-19-10-12-21(30)13-11-19/h3-5,7-8,10-13,16,23H,6,9,14-15,17H2,1-2H3,(H,31,36)/t23-/m1/s1. The lowest BCUT2D eigenvalue weighted by Crippen LogP contribution is -2.35. The molecule has 0 spiro atoms. The number of ketones is 1. The summed E-state index contributed by atoms with van der Waals surface area (Å²) in [5.74, 6) is -0.260. The number of carbonyl (C=O) groups is 2. The van der Waals surface area contributed by atoms with Crippen LogP contribution in [0, 0.1) is 6.92 Å². The van der Waals surface area contributed by atoms with Crippen molar-refractivity contribution in [1.29, 1.82) is 0 Å². The number of thiophene rings is 1. The molecule has 37 heavy (non-hydrogen) atoms. The number of nitrogens with zero attached hydrogens (tertiary/aromatic N) is 2. The quantitative estimate of drug-likeness (QED) is 0.326. The Kier molecular flexibility index (Phi) is 7.29. The first-order valence-corrected chi connectivity index (χ1v) is 13.5. The average molecular weight is 534 g/mol. The summed E-state index contributed by atoms with van der Waals surface area (Å²) < 4.78 is 1.85.